The maximum atomic E-state index is 6.05. The van der Waals surface area contributed by atoms with E-state index in [1.165, 1.54) is 16.7 Å². The number of aromatic nitrogens is 1. The smallest absolute Gasteiger partial charge is 0.145 e. The van der Waals surface area contributed by atoms with Crippen molar-refractivity contribution in [3.63, 3.8) is 0 Å². The fraction of sp³-hybridized carbons (Fsp3) is 0.227. The third-order valence-corrected chi connectivity index (χ3v) is 4.74. The monoisotopic (exact) mass is 330 g/mol. The molecule has 1 aliphatic heterocycles. The molecule has 126 valence electrons. The molecule has 3 heteroatoms. The predicted octanol–water partition coefficient (Wildman–Crippen LogP) is 4.47. The third-order valence-electron chi connectivity index (χ3n) is 4.74. The first-order chi connectivity index (χ1) is 12.4. The van der Waals surface area contributed by atoms with Crippen LogP contribution in [0.1, 0.15) is 16.7 Å². The van der Waals surface area contributed by atoms with Crippen molar-refractivity contribution in [3.05, 3.63) is 89.7 Å². The van der Waals surface area contributed by atoms with Crippen molar-refractivity contribution >= 4 is 0 Å². The maximum absolute atomic E-state index is 6.05. The molecule has 0 bridgehead atoms. The van der Waals surface area contributed by atoms with E-state index in [2.05, 4.69) is 46.3 Å². The summed E-state index contributed by atoms with van der Waals surface area (Å²) in [4.78, 5) is 6.65. The summed E-state index contributed by atoms with van der Waals surface area (Å²) in [6, 6.07) is 20.9. The van der Waals surface area contributed by atoms with E-state index in [0.717, 1.165) is 44.0 Å². The van der Waals surface area contributed by atoms with E-state index in [1.54, 1.807) is 12.4 Å². The van der Waals surface area contributed by atoms with Crippen LogP contribution in [0, 0.1) is 0 Å². The van der Waals surface area contributed by atoms with Gasteiger partial charge >= 0.3 is 0 Å². The number of para-hydroxylation sites is 1. The summed E-state index contributed by atoms with van der Waals surface area (Å²) in [6.07, 6.45) is 5.73. The first-order valence-corrected chi connectivity index (χ1v) is 8.83. The minimum absolute atomic E-state index is 0.776. The van der Waals surface area contributed by atoms with Crippen LogP contribution in [0.25, 0.3) is 0 Å². The normalized spacial score (nSPS) is 14.6. The predicted molar refractivity (Wildman–Crippen MR) is 99.9 cm³/mol. The SMILES string of the molecule is c1cncc(Oc2ccccc2CN2CCc3ccccc3CC2)c1. The summed E-state index contributed by atoms with van der Waals surface area (Å²) in [6.45, 7) is 3.07. The van der Waals surface area contributed by atoms with E-state index in [-0.39, 0.29) is 0 Å². The van der Waals surface area contributed by atoms with E-state index >= 15 is 0 Å². The van der Waals surface area contributed by atoms with Gasteiger partial charge in [-0.1, -0.05) is 42.5 Å². The second-order valence-corrected chi connectivity index (χ2v) is 6.44. The Balaban J connectivity index is 1.48. The number of benzene rings is 2. The zero-order valence-electron chi connectivity index (χ0n) is 14.3. The molecule has 0 N–H and O–H groups in total. The van der Waals surface area contributed by atoms with Gasteiger partial charge in [-0.25, -0.2) is 0 Å². The Labute approximate surface area is 148 Å². The highest BCUT2D eigenvalue weighted by Crippen LogP contribution is 2.26. The summed E-state index contributed by atoms with van der Waals surface area (Å²) in [7, 11) is 0. The molecule has 3 aromatic rings. The summed E-state index contributed by atoms with van der Waals surface area (Å²) >= 11 is 0. The summed E-state index contributed by atoms with van der Waals surface area (Å²) in [5.74, 6) is 1.69. The molecule has 1 aromatic heterocycles. The number of hydrogen-bond acceptors (Lipinski definition) is 3. The second kappa shape index (κ2) is 7.49. The molecule has 0 spiro atoms. The van der Waals surface area contributed by atoms with Gasteiger partial charge in [0.2, 0.25) is 0 Å². The van der Waals surface area contributed by atoms with Gasteiger partial charge in [0.05, 0.1) is 6.20 Å². The first kappa shape index (κ1) is 15.9. The van der Waals surface area contributed by atoms with Crippen molar-refractivity contribution in [2.75, 3.05) is 13.1 Å². The molecule has 3 nitrogen and oxygen atoms in total. The van der Waals surface area contributed by atoms with Gasteiger partial charge in [-0.05, 0) is 42.2 Å². The highest BCUT2D eigenvalue weighted by atomic mass is 16.5. The summed E-state index contributed by atoms with van der Waals surface area (Å²) in [5.41, 5.74) is 4.20. The zero-order chi connectivity index (χ0) is 16.9. The average Bonchev–Trinajstić information content (AvgIpc) is 2.87. The maximum Gasteiger partial charge on any atom is 0.145 e. The topological polar surface area (TPSA) is 25.4 Å². The van der Waals surface area contributed by atoms with Crippen molar-refractivity contribution in [1.29, 1.82) is 0 Å². The minimum atomic E-state index is 0.776. The molecule has 0 unspecified atom stereocenters. The lowest BCUT2D eigenvalue weighted by Gasteiger charge is -2.21. The summed E-state index contributed by atoms with van der Waals surface area (Å²) < 4.78 is 6.05. The van der Waals surface area contributed by atoms with Crippen molar-refractivity contribution in [1.82, 2.24) is 9.88 Å². The first-order valence-electron chi connectivity index (χ1n) is 8.83. The van der Waals surface area contributed by atoms with Gasteiger partial charge in [0.1, 0.15) is 11.5 Å². The number of fused-ring (bicyclic) bond motifs is 1. The fourth-order valence-corrected chi connectivity index (χ4v) is 3.38. The van der Waals surface area contributed by atoms with E-state index in [1.807, 2.05) is 24.3 Å². The van der Waals surface area contributed by atoms with Crippen LogP contribution in [0.5, 0.6) is 11.5 Å². The number of ether oxygens (including phenoxy) is 1. The molecule has 1 aliphatic rings. The minimum Gasteiger partial charge on any atom is -0.455 e. The van der Waals surface area contributed by atoms with Gasteiger partial charge in [-0.2, -0.15) is 0 Å². The molecule has 0 fully saturated rings. The second-order valence-electron chi connectivity index (χ2n) is 6.44. The van der Waals surface area contributed by atoms with Crippen molar-refractivity contribution in [2.45, 2.75) is 19.4 Å². The Morgan fingerprint density at radius 2 is 1.56 bits per heavy atom. The molecule has 0 saturated heterocycles. The lowest BCUT2D eigenvalue weighted by molar-refractivity contribution is 0.275. The van der Waals surface area contributed by atoms with Crippen LogP contribution >= 0.6 is 0 Å². The Hall–Kier alpha value is -2.65. The van der Waals surface area contributed by atoms with Gasteiger partial charge in [0, 0.05) is 31.4 Å². The molecule has 2 aromatic carbocycles. The average molecular weight is 330 g/mol. The highest BCUT2D eigenvalue weighted by molar-refractivity contribution is 5.37. The molecular formula is C22H22N2O. The lowest BCUT2D eigenvalue weighted by atomic mass is 10.0. The Kier molecular flexibility index (Phi) is 4.75. The molecule has 0 atom stereocenters. The van der Waals surface area contributed by atoms with Crippen LogP contribution in [0.4, 0.5) is 0 Å². The third kappa shape index (κ3) is 3.89. The number of hydrogen-bond donors (Lipinski definition) is 0. The van der Waals surface area contributed by atoms with Crippen LogP contribution in [0.3, 0.4) is 0 Å². The Morgan fingerprint density at radius 3 is 2.28 bits per heavy atom. The van der Waals surface area contributed by atoms with E-state index in [4.69, 9.17) is 4.74 Å². The van der Waals surface area contributed by atoms with Crippen molar-refractivity contribution in [3.8, 4) is 11.5 Å². The zero-order valence-corrected chi connectivity index (χ0v) is 14.3. The summed E-state index contributed by atoms with van der Waals surface area (Å²) in [5, 5.41) is 0. The molecule has 0 saturated carbocycles. The lowest BCUT2D eigenvalue weighted by Crippen LogP contribution is -2.26. The number of pyridine rings is 1. The van der Waals surface area contributed by atoms with E-state index in [0.29, 0.717) is 0 Å². The van der Waals surface area contributed by atoms with Crippen LogP contribution in [0.15, 0.2) is 73.1 Å². The largest absolute Gasteiger partial charge is 0.455 e. The van der Waals surface area contributed by atoms with E-state index in [9.17, 15) is 0 Å². The molecule has 4 rings (SSSR count). The van der Waals surface area contributed by atoms with Gasteiger partial charge < -0.3 is 4.74 Å². The highest BCUT2D eigenvalue weighted by Gasteiger charge is 2.15. The standard InChI is InChI=1S/C22H22N2O/c1-2-7-19-12-15-24(14-11-18(19)6-1)17-20-8-3-4-10-22(20)25-21-9-5-13-23-16-21/h1-10,13,16H,11-12,14-15,17H2. The van der Waals surface area contributed by atoms with Gasteiger partial charge in [-0.15, -0.1) is 0 Å². The van der Waals surface area contributed by atoms with Gasteiger partial charge in [-0.3, -0.25) is 9.88 Å². The molecule has 0 amide bonds. The Bertz CT molecular complexity index is 805. The quantitative estimate of drug-likeness (QED) is 0.705. The van der Waals surface area contributed by atoms with Crippen LogP contribution < -0.4 is 4.74 Å². The Morgan fingerprint density at radius 1 is 0.840 bits per heavy atom. The molecule has 0 aliphatic carbocycles. The van der Waals surface area contributed by atoms with Crippen molar-refractivity contribution < 1.29 is 4.74 Å². The fourth-order valence-electron chi connectivity index (χ4n) is 3.38. The van der Waals surface area contributed by atoms with Crippen LogP contribution in [-0.2, 0) is 19.4 Å². The van der Waals surface area contributed by atoms with E-state index < -0.39 is 0 Å². The number of rotatable bonds is 4. The van der Waals surface area contributed by atoms with Crippen LogP contribution in [-0.4, -0.2) is 23.0 Å². The molecule has 0 radical (unpaired) electrons. The molecule has 2 heterocycles. The molecular weight excluding hydrogens is 308 g/mol. The van der Waals surface area contributed by atoms with Gasteiger partial charge in [0.15, 0.2) is 0 Å². The number of nitrogens with zero attached hydrogens (tertiary/aromatic N) is 2. The van der Waals surface area contributed by atoms with Gasteiger partial charge in [0.25, 0.3) is 0 Å². The van der Waals surface area contributed by atoms with Crippen molar-refractivity contribution in [2.24, 2.45) is 0 Å². The van der Waals surface area contributed by atoms with Crippen LogP contribution in [0.2, 0.25) is 0 Å². The molecule has 25 heavy (non-hydrogen) atoms.